The molecule has 0 spiro atoms. The summed E-state index contributed by atoms with van der Waals surface area (Å²) in [7, 11) is 0. The van der Waals surface area contributed by atoms with E-state index in [0.29, 0.717) is 16.4 Å². The molecule has 0 fully saturated rings. The molecule has 0 aliphatic carbocycles. The molecule has 0 bridgehead atoms. The molecule has 0 saturated heterocycles. The molecular weight excluding hydrogens is 337 g/mol. The SMILES string of the molecule is CSc1ncc(-c2nc(-c3c(F)cccc3Cl)[nH]c2C#N)cn1. The molecule has 3 rings (SSSR count). The van der Waals surface area contributed by atoms with Gasteiger partial charge in [0.25, 0.3) is 0 Å². The number of hydrogen-bond donors (Lipinski definition) is 1. The van der Waals surface area contributed by atoms with Gasteiger partial charge >= 0.3 is 0 Å². The molecule has 1 aromatic carbocycles. The first-order valence-electron chi connectivity index (χ1n) is 6.45. The lowest BCUT2D eigenvalue weighted by atomic mass is 10.2. The molecule has 3 aromatic rings. The van der Waals surface area contributed by atoms with Crippen molar-refractivity contribution < 1.29 is 4.39 Å². The highest BCUT2D eigenvalue weighted by Gasteiger charge is 2.18. The first-order valence-corrected chi connectivity index (χ1v) is 8.05. The summed E-state index contributed by atoms with van der Waals surface area (Å²) in [6.07, 6.45) is 5.01. The number of rotatable bonds is 3. The maximum atomic E-state index is 14.0. The number of benzene rings is 1. The van der Waals surface area contributed by atoms with Gasteiger partial charge in [0.05, 0.1) is 10.6 Å². The van der Waals surface area contributed by atoms with Gasteiger partial charge in [-0.05, 0) is 18.4 Å². The third-order valence-corrected chi connectivity index (χ3v) is 3.99. The normalized spacial score (nSPS) is 10.5. The van der Waals surface area contributed by atoms with E-state index in [1.807, 2.05) is 12.3 Å². The van der Waals surface area contributed by atoms with E-state index in [0.717, 1.165) is 0 Å². The lowest BCUT2D eigenvalue weighted by Gasteiger charge is -2.01. The van der Waals surface area contributed by atoms with Crippen molar-refractivity contribution in [3.8, 4) is 28.7 Å². The van der Waals surface area contributed by atoms with Gasteiger partial charge in [-0.1, -0.05) is 29.4 Å². The average molecular weight is 346 g/mol. The molecule has 0 unspecified atom stereocenters. The standard InChI is InChI=1S/C15H9ClFN5S/c1-23-15-19-6-8(7-20-15)13-11(5-18)21-14(22-13)12-9(16)3-2-4-10(12)17/h2-4,6-7H,1H3,(H,21,22). The molecule has 1 N–H and O–H groups in total. The van der Waals surface area contributed by atoms with Gasteiger partial charge in [0.1, 0.15) is 29.1 Å². The predicted octanol–water partition coefficient (Wildman–Crippen LogP) is 3.92. The number of halogens is 2. The van der Waals surface area contributed by atoms with Crippen LogP contribution in [0.1, 0.15) is 5.69 Å². The van der Waals surface area contributed by atoms with E-state index >= 15 is 0 Å². The van der Waals surface area contributed by atoms with Crippen LogP contribution in [-0.4, -0.2) is 26.2 Å². The number of nitrogens with one attached hydrogen (secondary N) is 1. The third-order valence-electron chi connectivity index (χ3n) is 3.10. The highest BCUT2D eigenvalue weighted by atomic mass is 35.5. The number of H-pyrrole nitrogens is 1. The Kier molecular flexibility index (Phi) is 4.28. The largest absolute Gasteiger partial charge is 0.329 e. The zero-order valence-electron chi connectivity index (χ0n) is 11.8. The molecule has 0 saturated carbocycles. The van der Waals surface area contributed by atoms with Gasteiger partial charge < -0.3 is 4.98 Å². The highest BCUT2D eigenvalue weighted by molar-refractivity contribution is 7.98. The van der Waals surface area contributed by atoms with E-state index in [2.05, 4.69) is 19.9 Å². The lowest BCUT2D eigenvalue weighted by Crippen LogP contribution is -1.89. The van der Waals surface area contributed by atoms with Gasteiger partial charge in [-0.15, -0.1) is 0 Å². The minimum atomic E-state index is -0.517. The quantitative estimate of drug-likeness (QED) is 0.575. The van der Waals surface area contributed by atoms with E-state index in [4.69, 9.17) is 11.6 Å². The molecule has 114 valence electrons. The summed E-state index contributed by atoms with van der Waals surface area (Å²) >= 11 is 7.45. The van der Waals surface area contributed by atoms with Crippen molar-refractivity contribution in [2.24, 2.45) is 0 Å². The summed E-state index contributed by atoms with van der Waals surface area (Å²) in [5.74, 6) is -0.329. The van der Waals surface area contributed by atoms with Gasteiger partial charge in [-0.2, -0.15) is 5.26 Å². The van der Waals surface area contributed by atoms with Crippen molar-refractivity contribution >= 4 is 23.4 Å². The Morgan fingerprint density at radius 3 is 2.65 bits per heavy atom. The van der Waals surface area contributed by atoms with Crippen LogP contribution in [0.25, 0.3) is 22.6 Å². The van der Waals surface area contributed by atoms with Crippen LogP contribution in [-0.2, 0) is 0 Å². The second-order valence-corrected chi connectivity index (χ2v) is 5.66. The van der Waals surface area contributed by atoms with Gasteiger partial charge in [-0.25, -0.2) is 19.3 Å². The molecular formula is C15H9ClFN5S. The second-order valence-electron chi connectivity index (χ2n) is 4.48. The van der Waals surface area contributed by atoms with Crippen molar-refractivity contribution in [3.05, 3.63) is 47.1 Å². The first kappa shape index (κ1) is 15.5. The summed E-state index contributed by atoms with van der Waals surface area (Å²) < 4.78 is 14.0. The minimum absolute atomic E-state index is 0.124. The smallest absolute Gasteiger partial charge is 0.187 e. The fourth-order valence-corrected chi connectivity index (χ4v) is 2.62. The summed E-state index contributed by atoms with van der Waals surface area (Å²) in [5, 5.41) is 10.1. The van der Waals surface area contributed by atoms with Crippen molar-refractivity contribution in [1.82, 2.24) is 19.9 Å². The number of aromatic amines is 1. The second kappa shape index (κ2) is 6.36. The number of hydrogen-bond acceptors (Lipinski definition) is 5. The van der Waals surface area contributed by atoms with Gasteiger partial charge in [0, 0.05) is 18.0 Å². The van der Waals surface area contributed by atoms with E-state index in [1.54, 1.807) is 18.5 Å². The van der Waals surface area contributed by atoms with Crippen LogP contribution < -0.4 is 0 Å². The first-order chi connectivity index (χ1) is 11.1. The van der Waals surface area contributed by atoms with Gasteiger partial charge in [0.15, 0.2) is 5.16 Å². The lowest BCUT2D eigenvalue weighted by molar-refractivity contribution is 0.630. The Bertz CT molecular complexity index is 881. The third kappa shape index (κ3) is 2.91. The Labute approximate surface area is 140 Å². The van der Waals surface area contributed by atoms with Crippen LogP contribution in [0, 0.1) is 17.1 Å². The Morgan fingerprint density at radius 2 is 2.04 bits per heavy atom. The molecule has 23 heavy (non-hydrogen) atoms. The van der Waals surface area contributed by atoms with Crippen molar-refractivity contribution in [3.63, 3.8) is 0 Å². The molecule has 0 aliphatic heterocycles. The summed E-state index contributed by atoms with van der Waals surface area (Å²) in [4.78, 5) is 15.4. The summed E-state index contributed by atoms with van der Waals surface area (Å²) in [5.41, 5.74) is 1.24. The van der Waals surface area contributed by atoms with E-state index in [9.17, 15) is 9.65 Å². The Balaban J connectivity index is 2.13. The average Bonchev–Trinajstić information content (AvgIpc) is 2.98. The maximum absolute atomic E-state index is 14.0. The van der Waals surface area contributed by atoms with Crippen LogP contribution in [0.3, 0.4) is 0 Å². The molecule has 0 atom stereocenters. The molecule has 2 heterocycles. The van der Waals surface area contributed by atoms with Crippen LogP contribution in [0.5, 0.6) is 0 Å². The van der Waals surface area contributed by atoms with E-state index < -0.39 is 5.82 Å². The number of nitriles is 1. The molecule has 8 heteroatoms. The molecule has 0 radical (unpaired) electrons. The van der Waals surface area contributed by atoms with E-state index in [1.165, 1.54) is 23.9 Å². The van der Waals surface area contributed by atoms with Crippen molar-refractivity contribution in [2.75, 3.05) is 6.26 Å². The maximum Gasteiger partial charge on any atom is 0.187 e. The van der Waals surface area contributed by atoms with Gasteiger partial charge in [0.2, 0.25) is 0 Å². The summed E-state index contributed by atoms with van der Waals surface area (Å²) in [6.45, 7) is 0. The zero-order chi connectivity index (χ0) is 16.4. The monoisotopic (exact) mass is 345 g/mol. The summed E-state index contributed by atoms with van der Waals surface area (Å²) in [6, 6.07) is 6.36. The van der Waals surface area contributed by atoms with Gasteiger partial charge in [-0.3, -0.25) is 0 Å². The Morgan fingerprint density at radius 1 is 1.30 bits per heavy atom. The van der Waals surface area contributed by atoms with Crippen molar-refractivity contribution in [2.45, 2.75) is 5.16 Å². The van der Waals surface area contributed by atoms with Crippen LogP contribution in [0.4, 0.5) is 4.39 Å². The molecule has 2 aromatic heterocycles. The van der Waals surface area contributed by atoms with Crippen LogP contribution >= 0.6 is 23.4 Å². The highest BCUT2D eigenvalue weighted by Crippen LogP contribution is 2.31. The zero-order valence-corrected chi connectivity index (χ0v) is 13.4. The number of imidazole rings is 1. The van der Waals surface area contributed by atoms with Crippen LogP contribution in [0.2, 0.25) is 5.02 Å². The molecule has 0 aliphatic rings. The predicted molar refractivity (Wildman–Crippen MR) is 86.5 cm³/mol. The fourth-order valence-electron chi connectivity index (χ4n) is 2.05. The van der Waals surface area contributed by atoms with E-state index in [-0.39, 0.29) is 22.1 Å². The van der Waals surface area contributed by atoms with Crippen molar-refractivity contribution in [1.29, 1.82) is 5.26 Å². The number of thioether (sulfide) groups is 1. The fraction of sp³-hybridized carbons (Fsp3) is 0.0667. The number of nitrogens with zero attached hydrogens (tertiary/aromatic N) is 4. The van der Waals surface area contributed by atoms with Crippen LogP contribution in [0.15, 0.2) is 35.7 Å². The molecule has 5 nitrogen and oxygen atoms in total. The number of aromatic nitrogens is 4. The minimum Gasteiger partial charge on any atom is -0.329 e. The Hall–Kier alpha value is -2.43. The topological polar surface area (TPSA) is 78.2 Å². The molecule has 0 amide bonds.